The van der Waals surface area contributed by atoms with Crippen LogP contribution in [0.1, 0.15) is 35.8 Å². The van der Waals surface area contributed by atoms with E-state index >= 15 is 0 Å². The fraction of sp³-hybridized carbons (Fsp3) is 0.238. The number of rotatable bonds is 7. The molecule has 2 N–H and O–H groups in total. The first kappa shape index (κ1) is 19.3. The number of carbonyl (C=O) groups excluding carboxylic acids is 2. The van der Waals surface area contributed by atoms with E-state index in [0.717, 1.165) is 19.3 Å². The number of H-pyrrole nitrogens is 1. The molecule has 7 heteroatoms. The quantitative estimate of drug-likeness (QED) is 0.615. The first-order valence-electron chi connectivity index (χ1n) is 9.12. The Morgan fingerprint density at radius 3 is 2.50 bits per heavy atom. The smallest absolute Gasteiger partial charge is 0.359 e. The first-order chi connectivity index (χ1) is 13.6. The van der Waals surface area contributed by atoms with Gasteiger partial charge in [-0.05, 0) is 36.6 Å². The van der Waals surface area contributed by atoms with Crippen LogP contribution in [-0.4, -0.2) is 28.7 Å². The van der Waals surface area contributed by atoms with Crippen LogP contribution in [0.15, 0.2) is 53.3 Å². The van der Waals surface area contributed by atoms with Gasteiger partial charge >= 0.3 is 5.97 Å². The number of carbonyl (C=O) groups is 2. The zero-order valence-corrected chi connectivity index (χ0v) is 15.5. The Morgan fingerprint density at radius 1 is 1.07 bits per heavy atom. The van der Waals surface area contributed by atoms with Crippen LogP contribution in [-0.2, 0) is 16.0 Å². The molecule has 0 aliphatic rings. The number of unbranched alkanes of at least 4 members (excludes halogenated alkanes) is 1. The summed E-state index contributed by atoms with van der Waals surface area (Å²) in [4.78, 5) is 36.1. The largest absolute Gasteiger partial charge is 0.451 e. The highest BCUT2D eigenvalue weighted by Gasteiger charge is 2.16. The van der Waals surface area contributed by atoms with Gasteiger partial charge in [0.15, 0.2) is 12.3 Å². The molecule has 0 bridgehead atoms. The maximum Gasteiger partial charge on any atom is 0.359 e. The predicted molar refractivity (Wildman–Crippen MR) is 106 cm³/mol. The van der Waals surface area contributed by atoms with Crippen molar-refractivity contribution >= 4 is 28.3 Å². The molecule has 0 saturated carbocycles. The second-order valence-electron chi connectivity index (χ2n) is 6.37. The maximum atomic E-state index is 12.3. The Morgan fingerprint density at radius 2 is 1.79 bits per heavy atom. The van der Waals surface area contributed by atoms with Crippen LogP contribution in [0.25, 0.3) is 10.8 Å². The number of fused-ring (bicyclic) bond motifs is 1. The molecule has 1 aromatic heterocycles. The molecule has 2 aromatic carbocycles. The molecule has 1 amide bonds. The molecule has 0 spiro atoms. The topological polar surface area (TPSA) is 101 Å². The fourth-order valence-electron chi connectivity index (χ4n) is 2.80. The van der Waals surface area contributed by atoms with Crippen molar-refractivity contribution in [3.8, 4) is 0 Å². The Bertz CT molecular complexity index is 1040. The van der Waals surface area contributed by atoms with Crippen LogP contribution in [0.5, 0.6) is 0 Å². The van der Waals surface area contributed by atoms with Gasteiger partial charge in [-0.3, -0.25) is 9.59 Å². The molecule has 28 heavy (non-hydrogen) atoms. The number of hydrogen-bond acceptors (Lipinski definition) is 5. The molecule has 7 nitrogen and oxygen atoms in total. The van der Waals surface area contributed by atoms with Crippen LogP contribution in [0.2, 0.25) is 0 Å². The number of nitrogens with one attached hydrogen (secondary N) is 2. The van der Waals surface area contributed by atoms with Crippen molar-refractivity contribution < 1.29 is 14.3 Å². The lowest BCUT2D eigenvalue weighted by Crippen LogP contribution is -2.22. The summed E-state index contributed by atoms with van der Waals surface area (Å²) < 4.78 is 5.05. The van der Waals surface area contributed by atoms with Gasteiger partial charge in [0.05, 0.1) is 5.39 Å². The number of ether oxygens (including phenoxy) is 1. The maximum absolute atomic E-state index is 12.3. The third-order valence-corrected chi connectivity index (χ3v) is 4.28. The molecule has 1 heterocycles. The first-order valence-corrected chi connectivity index (χ1v) is 9.12. The van der Waals surface area contributed by atoms with Gasteiger partial charge in [0, 0.05) is 11.1 Å². The van der Waals surface area contributed by atoms with Crippen molar-refractivity contribution in [3.05, 3.63) is 70.1 Å². The average Bonchev–Trinajstić information content (AvgIpc) is 2.72. The number of aryl methyl sites for hydroxylation is 1. The van der Waals surface area contributed by atoms with E-state index in [1.54, 1.807) is 24.3 Å². The molecule has 3 rings (SSSR count). The lowest BCUT2D eigenvalue weighted by Gasteiger charge is -2.08. The summed E-state index contributed by atoms with van der Waals surface area (Å²) in [6.07, 6.45) is 3.25. The van der Waals surface area contributed by atoms with E-state index in [-0.39, 0.29) is 5.69 Å². The number of hydrogen-bond donors (Lipinski definition) is 2. The van der Waals surface area contributed by atoms with Gasteiger partial charge in [0.25, 0.3) is 11.5 Å². The highest BCUT2D eigenvalue weighted by molar-refractivity contribution is 6.03. The Balaban J connectivity index is 1.60. The Labute approximate surface area is 161 Å². The van der Waals surface area contributed by atoms with Crippen molar-refractivity contribution in [1.29, 1.82) is 0 Å². The van der Waals surface area contributed by atoms with Crippen molar-refractivity contribution in [1.82, 2.24) is 10.2 Å². The SMILES string of the molecule is CCCCc1ccc(NC(=O)COC(=O)c2n[nH]c(=O)c3ccccc23)cc1. The predicted octanol–water partition coefficient (Wildman–Crippen LogP) is 3.06. The summed E-state index contributed by atoms with van der Waals surface area (Å²) in [5.41, 5.74) is 1.41. The summed E-state index contributed by atoms with van der Waals surface area (Å²) >= 11 is 0. The minimum Gasteiger partial charge on any atom is -0.451 e. The van der Waals surface area contributed by atoms with E-state index in [1.165, 1.54) is 5.56 Å². The third kappa shape index (κ3) is 4.62. The van der Waals surface area contributed by atoms with Gasteiger partial charge in [-0.2, -0.15) is 5.10 Å². The summed E-state index contributed by atoms with van der Waals surface area (Å²) in [7, 11) is 0. The van der Waals surface area contributed by atoms with E-state index in [9.17, 15) is 14.4 Å². The zero-order valence-electron chi connectivity index (χ0n) is 15.5. The Kier molecular flexibility index (Phi) is 6.16. The van der Waals surface area contributed by atoms with E-state index < -0.39 is 24.0 Å². The second kappa shape index (κ2) is 8.94. The van der Waals surface area contributed by atoms with Gasteiger partial charge in [0.1, 0.15) is 0 Å². The Hall–Kier alpha value is -3.48. The van der Waals surface area contributed by atoms with Gasteiger partial charge < -0.3 is 10.1 Å². The number of aromatic amines is 1. The van der Waals surface area contributed by atoms with Crippen LogP contribution < -0.4 is 10.9 Å². The van der Waals surface area contributed by atoms with Crippen molar-refractivity contribution in [2.75, 3.05) is 11.9 Å². The summed E-state index contributed by atoms with van der Waals surface area (Å²) in [5, 5.41) is 9.41. The minimum atomic E-state index is -0.780. The van der Waals surface area contributed by atoms with Crippen LogP contribution >= 0.6 is 0 Å². The molecule has 0 radical (unpaired) electrons. The van der Waals surface area contributed by atoms with Crippen LogP contribution in [0.4, 0.5) is 5.69 Å². The van der Waals surface area contributed by atoms with Gasteiger partial charge in [-0.15, -0.1) is 0 Å². The molecular weight excluding hydrogens is 358 g/mol. The van der Waals surface area contributed by atoms with Gasteiger partial charge in [-0.25, -0.2) is 9.89 Å². The van der Waals surface area contributed by atoms with Crippen LogP contribution in [0, 0.1) is 0 Å². The molecule has 3 aromatic rings. The second-order valence-corrected chi connectivity index (χ2v) is 6.37. The summed E-state index contributed by atoms with van der Waals surface area (Å²) in [6, 6.07) is 14.1. The highest BCUT2D eigenvalue weighted by atomic mass is 16.5. The standard InChI is InChI=1S/C21H21N3O4/c1-2-3-6-14-9-11-15(12-10-14)22-18(25)13-28-21(27)19-16-7-4-5-8-17(16)20(26)24-23-19/h4-5,7-12H,2-3,6,13H2,1H3,(H,22,25)(H,24,26). The molecule has 0 aliphatic carbocycles. The van der Waals surface area contributed by atoms with E-state index in [4.69, 9.17) is 4.74 Å². The van der Waals surface area contributed by atoms with Crippen LogP contribution in [0.3, 0.4) is 0 Å². The molecule has 0 saturated heterocycles. The van der Waals surface area contributed by atoms with E-state index in [0.29, 0.717) is 16.5 Å². The highest BCUT2D eigenvalue weighted by Crippen LogP contribution is 2.14. The van der Waals surface area contributed by atoms with Crippen molar-refractivity contribution in [2.45, 2.75) is 26.2 Å². The van der Waals surface area contributed by atoms with Gasteiger partial charge in [-0.1, -0.05) is 43.7 Å². The molecule has 0 unspecified atom stereocenters. The number of esters is 1. The number of anilines is 1. The van der Waals surface area contributed by atoms with E-state index in [1.807, 2.05) is 24.3 Å². The van der Waals surface area contributed by atoms with Crippen molar-refractivity contribution in [2.24, 2.45) is 0 Å². The number of aromatic nitrogens is 2. The normalized spacial score (nSPS) is 10.6. The zero-order chi connectivity index (χ0) is 19.9. The summed E-state index contributed by atoms with van der Waals surface area (Å²) in [5.74, 6) is -1.24. The number of nitrogens with zero attached hydrogens (tertiary/aromatic N) is 1. The third-order valence-electron chi connectivity index (χ3n) is 4.28. The number of amides is 1. The molecular formula is C21H21N3O4. The molecule has 0 fully saturated rings. The van der Waals surface area contributed by atoms with Crippen molar-refractivity contribution in [3.63, 3.8) is 0 Å². The molecule has 0 atom stereocenters. The monoisotopic (exact) mass is 379 g/mol. The van der Waals surface area contributed by atoms with E-state index in [2.05, 4.69) is 22.4 Å². The molecule has 0 aliphatic heterocycles. The fourth-order valence-corrected chi connectivity index (χ4v) is 2.80. The lowest BCUT2D eigenvalue weighted by atomic mass is 10.1. The average molecular weight is 379 g/mol. The lowest BCUT2D eigenvalue weighted by molar-refractivity contribution is -0.119. The summed E-state index contributed by atoms with van der Waals surface area (Å²) in [6.45, 7) is 1.69. The molecule has 144 valence electrons. The minimum absolute atomic E-state index is 0.0386. The number of benzene rings is 2. The van der Waals surface area contributed by atoms with Gasteiger partial charge in [0.2, 0.25) is 0 Å².